The standard InChI is InChI=1S/C17H34N2O3S/c1-6-23(22)14-10-8-7-9-13(14)19-16(21)18-11-17(4,5)15(20)12(2)3/h12-15,20H,6-11H2,1-5H3,(H2,18,19,21)/t13-,14+,15+,23-/m0/s1. The number of hydrogen-bond donors (Lipinski definition) is 3. The number of rotatable bonds is 7. The minimum atomic E-state index is -0.877. The lowest BCUT2D eigenvalue weighted by atomic mass is 9.81. The summed E-state index contributed by atoms with van der Waals surface area (Å²) in [5, 5.41) is 16.2. The Morgan fingerprint density at radius 1 is 1.30 bits per heavy atom. The molecular formula is C17H34N2O3S. The number of amides is 2. The topological polar surface area (TPSA) is 78.4 Å². The van der Waals surface area contributed by atoms with E-state index in [9.17, 15) is 14.1 Å². The second kappa shape index (κ2) is 9.02. The highest BCUT2D eigenvalue weighted by molar-refractivity contribution is 7.85. The maximum Gasteiger partial charge on any atom is 0.315 e. The van der Waals surface area contributed by atoms with Gasteiger partial charge in [-0.05, 0) is 18.8 Å². The van der Waals surface area contributed by atoms with Gasteiger partial charge in [0.15, 0.2) is 0 Å². The summed E-state index contributed by atoms with van der Waals surface area (Å²) in [5.74, 6) is 0.780. The number of aliphatic hydroxyl groups is 1. The fraction of sp³-hybridized carbons (Fsp3) is 0.941. The SMILES string of the molecule is CC[S@](=O)[C@@H]1CCCC[C@@H]1NC(=O)NCC(C)(C)[C@H](O)C(C)C. The van der Waals surface area contributed by atoms with Crippen LogP contribution in [0.4, 0.5) is 4.79 Å². The molecule has 0 spiro atoms. The van der Waals surface area contributed by atoms with Gasteiger partial charge in [0.25, 0.3) is 0 Å². The smallest absolute Gasteiger partial charge is 0.315 e. The van der Waals surface area contributed by atoms with Crippen LogP contribution in [0.1, 0.15) is 60.3 Å². The van der Waals surface area contributed by atoms with E-state index in [0.29, 0.717) is 12.3 Å². The zero-order valence-electron chi connectivity index (χ0n) is 15.2. The maximum atomic E-state index is 12.2. The number of urea groups is 1. The number of carbonyl (C=O) groups is 1. The van der Waals surface area contributed by atoms with Crippen molar-refractivity contribution in [2.45, 2.75) is 77.7 Å². The summed E-state index contributed by atoms with van der Waals surface area (Å²) >= 11 is 0. The van der Waals surface area contributed by atoms with Gasteiger partial charge in [0.05, 0.1) is 11.4 Å². The number of hydrogen-bond acceptors (Lipinski definition) is 3. The van der Waals surface area contributed by atoms with E-state index in [1.807, 2.05) is 34.6 Å². The molecule has 0 bridgehead atoms. The van der Waals surface area contributed by atoms with Crippen molar-refractivity contribution in [1.29, 1.82) is 0 Å². The predicted molar refractivity (Wildman–Crippen MR) is 95.9 cm³/mol. The molecule has 0 saturated heterocycles. The van der Waals surface area contributed by atoms with Gasteiger partial charge in [0, 0.05) is 34.6 Å². The first kappa shape index (κ1) is 20.4. The third-order valence-electron chi connectivity index (χ3n) is 4.78. The first-order valence-electron chi connectivity index (χ1n) is 8.78. The zero-order chi connectivity index (χ0) is 17.6. The quantitative estimate of drug-likeness (QED) is 0.662. The fourth-order valence-electron chi connectivity index (χ4n) is 3.33. The van der Waals surface area contributed by atoms with Gasteiger partial charge in [-0.25, -0.2) is 4.79 Å². The Balaban J connectivity index is 2.53. The molecule has 0 heterocycles. The third-order valence-corrected chi connectivity index (χ3v) is 6.59. The van der Waals surface area contributed by atoms with Gasteiger partial charge in [0.2, 0.25) is 0 Å². The van der Waals surface area contributed by atoms with Crippen molar-refractivity contribution in [3.8, 4) is 0 Å². The van der Waals surface area contributed by atoms with E-state index >= 15 is 0 Å². The van der Waals surface area contributed by atoms with Gasteiger partial charge < -0.3 is 15.7 Å². The Labute approximate surface area is 143 Å². The lowest BCUT2D eigenvalue weighted by molar-refractivity contribution is 0.0151. The highest BCUT2D eigenvalue weighted by Crippen LogP contribution is 2.25. The van der Waals surface area contributed by atoms with E-state index in [0.717, 1.165) is 25.7 Å². The normalized spacial score (nSPS) is 25.0. The van der Waals surface area contributed by atoms with Crippen LogP contribution in [0.25, 0.3) is 0 Å². The van der Waals surface area contributed by atoms with Crippen LogP contribution in [-0.4, -0.2) is 45.0 Å². The molecular weight excluding hydrogens is 312 g/mol. The van der Waals surface area contributed by atoms with Crippen molar-refractivity contribution in [2.75, 3.05) is 12.3 Å². The number of aliphatic hydroxyl groups excluding tert-OH is 1. The van der Waals surface area contributed by atoms with Crippen molar-refractivity contribution in [3.63, 3.8) is 0 Å². The van der Waals surface area contributed by atoms with Crippen molar-refractivity contribution in [2.24, 2.45) is 11.3 Å². The lowest BCUT2D eigenvalue weighted by Gasteiger charge is -2.34. The Kier molecular flexibility index (Phi) is 8.01. The Hall–Kier alpha value is -0.620. The molecule has 1 aliphatic carbocycles. The van der Waals surface area contributed by atoms with Crippen LogP contribution in [0.15, 0.2) is 0 Å². The van der Waals surface area contributed by atoms with Crippen LogP contribution in [0.3, 0.4) is 0 Å². The Bertz CT molecular complexity index is 413. The van der Waals surface area contributed by atoms with Gasteiger partial charge in [-0.2, -0.15) is 0 Å². The monoisotopic (exact) mass is 346 g/mol. The minimum absolute atomic E-state index is 0.0114. The Morgan fingerprint density at radius 2 is 1.91 bits per heavy atom. The molecule has 0 unspecified atom stereocenters. The molecule has 3 N–H and O–H groups in total. The highest BCUT2D eigenvalue weighted by Gasteiger charge is 2.32. The molecule has 5 nitrogen and oxygen atoms in total. The summed E-state index contributed by atoms with van der Waals surface area (Å²) in [7, 11) is -0.877. The van der Waals surface area contributed by atoms with Crippen LogP contribution >= 0.6 is 0 Å². The molecule has 1 aliphatic rings. The molecule has 1 fully saturated rings. The predicted octanol–water partition coefficient (Wildman–Crippen LogP) is 2.41. The molecule has 0 aromatic rings. The molecule has 1 saturated carbocycles. The molecule has 0 radical (unpaired) electrons. The van der Waals surface area contributed by atoms with Crippen LogP contribution < -0.4 is 10.6 Å². The molecule has 0 aromatic heterocycles. The first-order valence-corrected chi connectivity index (χ1v) is 10.2. The van der Waals surface area contributed by atoms with Gasteiger partial charge in [-0.1, -0.05) is 47.5 Å². The summed E-state index contributed by atoms with van der Waals surface area (Å²) in [6, 6.07) is -0.235. The van der Waals surface area contributed by atoms with E-state index in [1.54, 1.807) is 0 Å². The van der Waals surface area contributed by atoms with Gasteiger partial charge in [-0.15, -0.1) is 0 Å². The van der Waals surface area contributed by atoms with Crippen molar-refractivity contribution >= 4 is 16.8 Å². The molecule has 2 amide bonds. The van der Waals surface area contributed by atoms with Gasteiger partial charge >= 0.3 is 6.03 Å². The van der Waals surface area contributed by atoms with Crippen molar-refractivity contribution in [1.82, 2.24) is 10.6 Å². The largest absolute Gasteiger partial charge is 0.392 e. The van der Waals surface area contributed by atoms with Gasteiger partial charge in [-0.3, -0.25) is 4.21 Å². The third kappa shape index (κ3) is 6.07. The molecule has 1 rings (SSSR count). The van der Waals surface area contributed by atoms with Gasteiger partial charge in [0.1, 0.15) is 0 Å². The molecule has 0 aliphatic heterocycles. The van der Waals surface area contributed by atoms with Crippen LogP contribution in [0.5, 0.6) is 0 Å². The fourth-order valence-corrected chi connectivity index (χ4v) is 4.75. The number of nitrogens with one attached hydrogen (secondary N) is 2. The van der Waals surface area contributed by atoms with E-state index in [4.69, 9.17) is 0 Å². The van der Waals surface area contributed by atoms with E-state index in [-0.39, 0.29) is 28.7 Å². The van der Waals surface area contributed by atoms with Crippen LogP contribution in [0, 0.1) is 11.3 Å². The summed E-state index contributed by atoms with van der Waals surface area (Å²) in [6.07, 6.45) is 3.49. The van der Waals surface area contributed by atoms with Crippen molar-refractivity contribution < 1.29 is 14.1 Å². The molecule has 136 valence electrons. The summed E-state index contributed by atoms with van der Waals surface area (Å²) in [5.41, 5.74) is -0.385. The molecule has 4 atom stereocenters. The highest BCUT2D eigenvalue weighted by atomic mass is 32.2. The van der Waals surface area contributed by atoms with E-state index in [1.165, 1.54) is 0 Å². The average molecular weight is 347 g/mol. The van der Waals surface area contributed by atoms with Crippen LogP contribution in [-0.2, 0) is 10.8 Å². The Morgan fingerprint density at radius 3 is 2.48 bits per heavy atom. The molecule has 0 aromatic carbocycles. The van der Waals surface area contributed by atoms with Crippen molar-refractivity contribution in [3.05, 3.63) is 0 Å². The molecule has 23 heavy (non-hydrogen) atoms. The lowest BCUT2D eigenvalue weighted by Crippen LogP contribution is -2.53. The summed E-state index contributed by atoms with van der Waals surface area (Å²) in [6.45, 7) is 10.2. The second-order valence-corrected chi connectivity index (χ2v) is 9.55. The van der Waals surface area contributed by atoms with Crippen LogP contribution in [0.2, 0.25) is 0 Å². The summed E-state index contributed by atoms with van der Waals surface area (Å²) < 4.78 is 12.1. The number of carbonyl (C=O) groups excluding carboxylic acids is 1. The van der Waals surface area contributed by atoms with E-state index < -0.39 is 16.9 Å². The molecule has 6 heteroatoms. The second-order valence-electron chi connectivity index (χ2n) is 7.60. The minimum Gasteiger partial charge on any atom is -0.392 e. The maximum absolute atomic E-state index is 12.2. The average Bonchev–Trinajstić information content (AvgIpc) is 2.52. The first-order chi connectivity index (χ1) is 10.7. The summed E-state index contributed by atoms with van der Waals surface area (Å²) in [4.78, 5) is 12.2. The van der Waals surface area contributed by atoms with E-state index in [2.05, 4.69) is 10.6 Å². The zero-order valence-corrected chi connectivity index (χ0v) is 16.0.